The third kappa shape index (κ3) is 3.29. The third-order valence-corrected chi connectivity index (χ3v) is 4.58. The molecule has 6 heteroatoms. The summed E-state index contributed by atoms with van der Waals surface area (Å²) in [4.78, 5) is 8.66. The van der Waals surface area contributed by atoms with Crippen LogP contribution in [0.3, 0.4) is 0 Å². The van der Waals surface area contributed by atoms with Gasteiger partial charge in [-0.1, -0.05) is 11.6 Å². The maximum atomic E-state index is 9.36. The minimum atomic E-state index is 0.281. The average molecular weight is 309 g/mol. The second kappa shape index (κ2) is 6.61. The van der Waals surface area contributed by atoms with Gasteiger partial charge in [-0.25, -0.2) is 4.98 Å². The lowest BCUT2D eigenvalue weighted by atomic mass is 10.1. The van der Waals surface area contributed by atoms with Crippen LogP contribution in [0.2, 0.25) is 5.02 Å². The lowest BCUT2D eigenvalue weighted by Gasteiger charge is -2.27. The van der Waals surface area contributed by atoms with Crippen molar-refractivity contribution in [2.45, 2.75) is 25.5 Å². The smallest absolute Gasteiger partial charge is 0.146 e. The van der Waals surface area contributed by atoms with Gasteiger partial charge in [0, 0.05) is 39.5 Å². The molecular weight excluding hydrogens is 288 g/mol. The normalized spacial score (nSPS) is 22.3. The topological polar surface area (TPSA) is 52.4 Å². The molecule has 1 saturated heterocycles. The predicted molar refractivity (Wildman–Crippen MR) is 83.8 cm³/mol. The molecule has 114 valence electrons. The highest BCUT2D eigenvalue weighted by Gasteiger charge is 2.30. The minimum absolute atomic E-state index is 0.281. The van der Waals surface area contributed by atoms with E-state index >= 15 is 0 Å². The highest BCUT2D eigenvalue weighted by Crippen LogP contribution is 2.27. The zero-order chi connectivity index (χ0) is 15.6. The summed E-state index contributed by atoms with van der Waals surface area (Å²) in [5.41, 5.74) is 1.33. The number of hydrogen-bond donors (Lipinski definition) is 0. The molecule has 5 nitrogen and oxygen atoms in total. The number of ether oxygens (including phenoxy) is 1. The first kappa shape index (κ1) is 16.0. The van der Waals surface area contributed by atoms with E-state index < -0.39 is 0 Å². The zero-order valence-corrected chi connectivity index (χ0v) is 13.7. The standard InChI is InChI=1S/C15H21ClN4O/c1-10-13(6-17)15(18-7-14(10)16)20(3)8-11-5-12(21-4)9-19(11)2/h7,11-12H,5,8-9H2,1-4H3/t11-,12-/m0/s1. The van der Waals surface area contributed by atoms with Gasteiger partial charge in [0.2, 0.25) is 0 Å². The fourth-order valence-corrected chi connectivity index (χ4v) is 2.95. The van der Waals surface area contributed by atoms with Gasteiger partial charge >= 0.3 is 0 Å². The number of nitrogens with zero attached hydrogens (tertiary/aromatic N) is 4. The fraction of sp³-hybridized carbons (Fsp3) is 0.600. The minimum Gasteiger partial charge on any atom is -0.380 e. The Morgan fingerprint density at radius 3 is 2.90 bits per heavy atom. The van der Waals surface area contributed by atoms with Gasteiger partial charge in [0.25, 0.3) is 0 Å². The van der Waals surface area contributed by atoms with Crippen molar-refractivity contribution in [2.75, 3.05) is 39.2 Å². The second-order valence-electron chi connectivity index (χ2n) is 5.61. The fourth-order valence-electron chi connectivity index (χ4n) is 2.81. The molecule has 1 aromatic heterocycles. The number of rotatable bonds is 4. The summed E-state index contributed by atoms with van der Waals surface area (Å²) >= 11 is 6.04. The van der Waals surface area contributed by atoms with Gasteiger partial charge in [-0.15, -0.1) is 0 Å². The van der Waals surface area contributed by atoms with Crippen LogP contribution in [-0.4, -0.2) is 56.3 Å². The average Bonchev–Trinajstić information content (AvgIpc) is 2.82. The van der Waals surface area contributed by atoms with E-state index in [0.717, 1.165) is 25.1 Å². The number of aromatic nitrogens is 1. The van der Waals surface area contributed by atoms with Crippen molar-refractivity contribution in [1.29, 1.82) is 5.26 Å². The molecule has 0 N–H and O–H groups in total. The highest BCUT2D eigenvalue weighted by atomic mass is 35.5. The highest BCUT2D eigenvalue weighted by molar-refractivity contribution is 6.31. The Kier molecular flexibility index (Phi) is 5.04. The van der Waals surface area contributed by atoms with E-state index in [4.69, 9.17) is 16.3 Å². The Hall–Kier alpha value is -1.35. The summed E-state index contributed by atoms with van der Waals surface area (Å²) in [6.45, 7) is 3.59. The molecule has 1 aromatic rings. The summed E-state index contributed by atoms with van der Waals surface area (Å²) < 4.78 is 5.43. The molecule has 0 bridgehead atoms. The number of likely N-dealkylation sites (tertiary alicyclic amines) is 1. The number of methoxy groups -OCH3 is 1. The summed E-state index contributed by atoms with van der Waals surface area (Å²) in [5, 5.41) is 9.89. The van der Waals surface area contributed by atoms with E-state index in [1.165, 1.54) is 0 Å². The van der Waals surface area contributed by atoms with Crippen molar-refractivity contribution in [3.8, 4) is 6.07 Å². The Labute approximate surface area is 131 Å². The summed E-state index contributed by atoms with van der Waals surface area (Å²) in [5.74, 6) is 0.689. The number of pyridine rings is 1. The molecule has 0 unspecified atom stereocenters. The van der Waals surface area contributed by atoms with Crippen molar-refractivity contribution >= 4 is 17.4 Å². The van der Waals surface area contributed by atoms with Crippen molar-refractivity contribution in [3.63, 3.8) is 0 Å². The van der Waals surface area contributed by atoms with Gasteiger partial charge in [-0.2, -0.15) is 5.26 Å². The second-order valence-corrected chi connectivity index (χ2v) is 6.02. The Balaban J connectivity index is 2.16. The molecule has 0 radical (unpaired) electrons. The SMILES string of the molecule is CO[C@H]1C[C@@H](CN(C)c2ncc(Cl)c(C)c2C#N)N(C)C1. The maximum Gasteiger partial charge on any atom is 0.146 e. The predicted octanol–water partition coefficient (Wildman–Crippen LogP) is 2.07. The first-order valence-corrected chi connectivity index (χ1v) is 7.35. The van der Waals surface area contributed by atoms with E-state index in [9.17, 15) is 5.26 Å². The van der Waals surface area contributed by atoms with E-state index in [0.29, 0.717) is 22.4 Å². The Morgan fingerprint density at radius 2 is 2.33 bits per heavy atom. The molecule has 0 aromatic carbocycles. The first-order valence-electron chi connectivity index (χ1n) is 6.97. The van der Waals surface area contributed by atoms with Gasteiger partial charge in [-0.05, 0) is 26.0 Å². The monoisotopic (exact) mass is 308 g/mol. The van der Waals surface area contributed by atoms with E-state index in [1.54, 1.807) is 13.3 Å². The molecule has 1 fully saturated rings. The van der Waals surface area contributed by atoms with Gasteiger partial charge in [0.15, 0.2) is 0 Å². The van der Waals surface area contributed by atoms with E-state index in [1.807, 2.05) is 18.9 Å². The molecule has 2 rings (SSSR count). The van der Waals surface area contributed by atoms with Gasteiger partial charge in [0.1, 0.15) is 11.9 Å². The van der Waals surface area contributed by atoms with Crippen LogP contribution >= 0.6 is 11.6 Å². The molecular formula is C15H21ClN4O. The van der Waals surface area contributed by atoms with Crippen molar-refractivity contribution in [3.05, 3.63) is 22.3 Å². The molecule has 0 aliphatic carbocycles. The summed E-state index contributed by atoms with van der Waals surface area (Å²) in [6.07, 6.45) is 2.88. The van der Waals surface area contributed by atoms with Crippen molar-refractivity contribution < 1.29 is 4.74 Å². The zero-order valence-electron chi connectivity index (χ0n) is 12.9. The van der Waals surface area contributed by atoms with Crippen LogP contribution in [0.15, 0.2) is 6.20 Å². The van der Waals surface area contributed by atoms with E-state index in [-0.39, 0.29) is 6.10 Å². The van der Waals surface area contributed by atoms with Crippen LogP contribution in [-0.2, 0) is 4.74 Å². The number of anilines is 1. The summed E-state index contributed by atoms with van der Waals surface area (Å²) in [6, 6.07) is 2.61. The van der Waals surface area contributed by atoms with Crippen LogP contribution in [0.5, 0.6) is 0 Å². The lowest BCUT2D eigenvalue weighted by Crippen LogP contribution is -2.37. The van der Waals surface area contributed by atoms with Crippen LogP contribution in [0.4, 0.5) is 5.82 Å². The molecule has 21 heavy (non-hydrogen) atoms. The molecule has 0 saturated carbocycles. The third-order valence-electron chi connectivity index (χ3n) is 4.20. The first-order chi connectivity index (χ1) is 9.97. The van der Waals surface area contributed by atoms with Gasteiger partial charge < -0.3 is 9.64 Å². The summed E-state index contributed by atoms with van der Waals surface area (Å²) in [7, 11) is 5.82. The van der Waals surface area contributed by atoms with Gasteiger partial charge in [0.05, 0.1) is 16.7 Å². The van der Waals surface area contributed by atoms with Gasteiger partial charge in [-0.3, -0.25) is 4.90 Å². The van der Waals surface area contributed by atoms with Crippen LogP contribution in [0.1, 0.15) is 17.5 Å². The molecule has 1 aliphatic heterocycles. The van der Waals surface area contributed by atoms with E-state index in [2.05, 4.69) is 23.0 Å². The molecule has 2 atom stereocenters. The quantitative estimate of drug-likeness (QED) is 0.852. The van der Waals surface area contributed by atoms with Crippen molar-refractivity contribution in [2.24, 2.45) is 0 Å². The lowest BCUT2D eigenvalue weighted by molar-refractivity contribution is 0.111. The van der Waals surface area contributed by atoms with Crippen molar-refractivity contribution in [1.82, 2.24) is 9.88 Å². The van der Waals surface area contributed by atoms with Crippen LogP contribution in [0, 0.1) is 18.3 Å². The molecule has 1 aliphatic rings. The van der Waals surface area contributed by atoms with Crippen LogP contribution in [0.25, 0.3) is 0 Å². The number of halogens is 1. The molecule has 2 heterocycles. The van der Waals surface area contributed by atoms with Crippen LogP contribution < -0.4 is 4.90 Å². The molecule has 0 amide bonds. The maximum absolute atomic E-state index is 9.36. The number of likely N-dealkylation sites (N-methyl/N-ethyl adjacent to an activating group) is 2. The Morgan fingerprint density at radius 1 is 1.62 bits per heavy atom. The largest absolute Gasteiger partial charge is 0.380 e. The Bertz CT molecular complexity index is 557. The number of hydrogen-bond acceptors (Lipinski definition) is 5. The molecule has 0 spiro atoms. The number of nitriles is 1.